The summed E-state index contributed by atoms with van der Waals surface area (Å²) >= 11 is 0. The Bertz CT molecular complexity index is 315. The summed E-state index contributed by atoms with van der Waals surface area (Å²) in [6.45, 7) is 0. The number of rotatable bonds is 0. The van der Waals surface area contributed by atoms with Crippen molar-refractivity contribution in [2.75, 3.05) is 0 Å². The largest absolute Gasteiger partial charge is 0.299 e. The Balaban J connectivity index is 1.91. The van der Waals surface area contributed by atoms with Crippen LogP contribution >= 0.6 is 0 Å². The van der Waals surface area contributed by atoms with Crippen LogP contribution in [-0.2, 0) is 4.79 Å². The number of Topliss-reactive ketones (excluding diaryl/α,β-unsaturated/α-hetero) is 1. The number of fused-ring (bicyclic) bond motifs is 2. The molecule has 0 aromatic heterocycles. The molecule has 5 fully saturated rings. The minimum atomic E-state index is 0.583. The molecular weight excluding hydrogens is 148 g/mol. The maximum Gasteiger partial charge on any atom is 0.140 e. The van der Waals surface area contributed by atoms with Crippen LogP contribution in [-0.4, -0.2) is 5.78 Å². The van der Waals surface area contributed by atoms with Gasteiger partial charge in [0.2, 0.25) is 0 Å². The first kappa shape index (κ1) is 5.41. The summed E-state index contributed by atoms with van der Waals surface area (Å²) in [4.78, 5) is 11.9. The first-order chi connectivity index (χ1) is 5.88. The van der Waals surface area contributed by atoms with Crippen molar-refractivity contribution in [1.29, 1.82) is 0 Å². The van der Waals surface area contributed by atoms with Gasteiger partial charge in [0.1, 0.15) is 5.78 Å². The lowest BCUT2D eigenvalue weighted by atomic mass is 9.60. The van der Waals surface area contributed by atoms with Crippen molar-refractivity contribution in [3.8, 4) is 0 Å². The van der Waals surface area contributed by atoms with Gasteiger partial charge in [0, 0.05) is 11.8 Å². The molecule has 1 nitrogen and oxygen atoms in total. The Hall–Kier alpha value is -0.330. The Kier molecular flexibility index (Phi) is 0.547. The monoisotopic (exact) mass is 160 g/mol. The lowest BCUT2D eigenvalue weighted by Gasteiger charge is -2.43. The predicted octanol–water partition coefficient (Wildman–Crippen LogP) is 1.33. The summed E-state index contributed by atoms with van der Waals surface area (Å²) in [6.07, 6.45) is 2.90. The molecule has 0 amide bonds. The van der Waals surface area contributed by atoms with Crippen LogP contribution in [0.25, 0.3) is 0 Å². The van der Waals surface area contributed by atoms with E-state index in [0.29, 0.717) is 17.6 Å². The van der Waals surface area contributed by atoms with Gasteiger partial charge in [-0.2, -0.15) is 0 Å². The van der Waals surface area contributed by atoms with E-state index in [2.05, 4.69) is 0 Å². The molecule has 1 heteroatoms. The maximum absolute atomic E-state index is 11.9. The highest BCUT2D eigenvalue weighted by Crippen LogP contribution is 2.81. The summed E-state index contributed by atoms with van der Waals surface area (Å²) < 4.78 is 0. The van der Waals surface area contributed by atoms with Gasteiger partial charge >= 0.3 is 0 Å². The Morgan fingerprint density at radius 2 is 1.58 bits per heavy atom. The number of hydrogen-bond acceptors (Lipinski definition) is 1. The zero-order chi connectivity index (χ0) is 7.61. The van der Waals surface area contributed by atoms with E-state index >= 15 is 0 Å². The van der Waals surface area contributed by atoms with Gasteiger partial charge in [-0.15, -0.1) is 0 Å². The fourth-order valence-electron chi connectivity index (χ4n) is 6.10. The zero-order valence-corrected chi connectivity index (χ0v) is 6.94. The third-order valence-corrected chi connectivity index (χ3v) is 6.02. The minimum absolute atomic E-state index is 0.583. The second-order valence-electron chi connectivity index (χ2n) is 5.74. The molecule has 0 radical (unpaired) electrons. The second kappa shape index (κ2) is 1.21. The molecule has 0 spiro atoms. The average molecular weight is 160 g/mol. The summed E-state index contributed by atoms with van der Waals surface area (Å²) in [6, 6.07) is 0. The average Bonchev–Trinajstić information content (AvgIpc) is 2.47. The molecule has 0 unspecified atom stereocenters. The third kappa shape index (κ3) is 0.272. The van der Waals surface area contributed by atoms with E-state index in [-0.39, 0.29) is 0 Å². The van der Waals surface area contributed by atoms with E-state index in [1.165, 1.54) is 12.8 Å². The van der Waals surface area contributed by atoms with E-state index in [1.807, 2.05) is 0 Å². The minimum Gasteiger partial charge on any atom is -0.299 e. The standard InChI is InChI=1S/C11H12O/c12-11-8-4-2-5-7-3(4)1-6(8)9(7)10(5)11/h3-10H,1-2H2/t3-,4-,5+,6+,7-,8-,9-,10-/m1/s1. The van der Waals surface area contributed by atoms with E-state index in [9.17, 15) is 4.79 Å². The van der Waals surface area contributed by atoms with Crippen LogP contribution in [0.15, 0.2) is 0 Å². The molecule has 0 saturated heterocycles. The SMILES string of the molecule is O=C1[C@@H]2[C@@H]3C[C@@H]4[C@@H]1[C@@H]1[C@H]2C[C@H]3[C@H]41. The Morgan fingerprint density at radius 1 is 0.833 bits per heavy atom. The van der Waals surface area contributed by atoms with Crippen LogP contribution in [0.2, 0.25) is 0 Å². The van der Waals surface area contributed by atoms with E-state index in [4.69, 9.17) is 0 Å². The summed E-state index contributed by atoms with van der Waals surface area (Å²) in [7, 11) is 0. The zero-order valence-electron chi connectivity index (χ0n) is 6.94. The topological polar surface area (TPSA) is 17.1 Å². The van der Waals surface area contributed by atoms with Crippen LogP contribution in [0.3, 0.4) is 0 Å². The predicted molar refractivity (Wildman–Crippen MR) is 42.2 cm³/mol. The number of hydrogen-bond donors (Lipinski definition) is 0. The van der Waals surface area contributed by atoms with Gasteiger partial charge in [0.15, 0.2) is 0 Å². The van der Waals surface area contributed by atoms with Crippen molar-refractivity contribution in [1.82, 2.24) is 0 Å². The molecule has 0 aromatic carbocycles. The van der Waals surface area contributed by atoms with Crippen LogP contribution in [0.5, 0.6) is 0 Å². The first-order valence-corrected chi connectivity index (χ1v) is 5.41. The van der Waals surface area contributed by atoms with Crippen LogP contribution in [0.4, 0.5) is 0 Å². The molecule has 2 bridgehead atoms. The fourth-order valence-corrected chi connectivity index (χ4v) is 6.10. The lowest BCUT2D eigenvalue weighted by Crippen LogP contribution is -2.44. The molecule has 5 aliphatic carbocycles. The quantitative estimate of drug-likeness (QED) is 0.522. The Labute approximate surface area is 71.5 Å². The molecule has 0 aromatic rings. The van der Waals surface area contributed by atoms with Crippen molar-refractivity contribution in [3.05, 3.63) is 0 Å². The molecule has 12 heavy (non-hydrogen) atoms. The number of ketones is 1. The van der Waals surface area contributed by atoms with Crippen LogP contribution in [0.1, 0.15) is 12.8 Å². The highest BCUT2D eigenvalue weighted by atomic mass is 16.1. The molecule has 0 N–H and O–H groups in total. The maximum atomic E-state index is 11.9. The number of carbonyl (C=O) groups is 1. The summed E-state index contributed by atoms with van der Waals surface area (Å²) in [5.41, 5.74) is 0. The van der Waals surface area contributed by atoms with Gasteiger partial charge in [0.05, 0.1) is 0 Å². The molecule has 0 aliphatic heterocycles. The van der Waals surface area contributed by atoms with Crippen LogP contribution in [0, 0.1) is 47.3 Å². The smallest absolute Gasteiger partial charge is 0.140 e. The van der Waals surface area contributed by atoms with Crippen molar-refractivity contribution >= 4 is 5.78 Å². The molecule has 0 heterocycles. The third-order valence-electron chi connectivity index (χ3n) is 6.02. The summed E-state index contributed by atoms with van der Waals surface area (Å²) in [5.74, 6) is 7.54. The molecule has 8 atom stereocenters. The van der Waals surface area contributed by atoms with Crippen molar-refractivity contribution in [2.24, 2.45) is 47.3 Å². The van der Waals surface area contributed by atoms with Gasteiger partial charge in [-0.3, -0.25) is 4.79 Å². The van der Waals surface area contributed by atoms with Gasteiger partial charge < -0.3 is 0 Å². The van der Waals surface area contributed by atoms with Crippen LogP contribution < -0.4 is 0 Å². The fraction of sp³-hybridized carbons (Fsp3) is 0.909. The van der Waals surface area contributed by atoms with Gasteiger partial charge in [0.25, 0.3) is 0 Å². The molecular formula is C11H12O. The second-order valence-corrected chi connectivity index (χ2v) is 5.74. The molecule has 5 saturated carbocycles. The van der Waals surface area contributed by atoms with Gasteiger partial charge in [-0.1, -0.05) is 0 Å². The normalized spacial score (nSPS) is 79.2. The lowest BCUT2D eigenvalue weighted by molar-refractivity contribution is -0.132. The van der Waals surface area contributed by atoms with E-state index < -0.39 is 0 Å². The van der Waals surface area contributed by atoms with Gasteiger partial charge in [-0.05, 0) is 48.3 Å². The first-order valence-electron chi connectivity index (χ1n) is 5.41. The van der Waals surface area contributed by atoms with E-state index in [1.54, 1.807) is 0 Å². The number of carbonyl (C=O) groups excluding carboxylic acids is 1. The highest BCUT2D eigenvalue weighted by molar-refractivity contribution is 5.91. The van der Waals surface area contributed by atoms with E-state index in [0.717, 1.165) is 35.5 Å². The van der Waals surface area contributed by atoms with Crippen molar-refractivity contribution in [2.45, 2.75) is 12.8 Å². The molecule has 62 valence electrons. The van der Waals surface area contributed by atoms with Crippen molar-refractivity contribution in [3.63, 3.8) is 0 Å². The van der Waals surface area contributed by atoms with Crippen molar-refractivity contribution < 1.29 is 4.79 Å². The summed E-state index contributed by atoms with van der Waals surface area (Å²) in [5, 5.41) is 0. The molecule has 5 aliphatic rings. The van der Waals surface area contributed by atoms with Gasteiger partial charge in [-0.25, -0.2) is 0 Å². The Morgan fingerprint density at radius 3 is 2.50 bits per heavy atom. The highest BCUT2D eigenvalue weighted by Gasteiger charge is 2.80. The molecule has 5 rings (SSSR count).